The predicted octanol–water partition coefficient (Wildman–Crippen LogP) is 2.96. The number of hydrogen-bond donors (Lipinski definition) is 4. The van der Waals surface area contributed by atoms with Gasteiger partial charge in [-0.15, -0.1) is 0 Å². The topological polar surface area (TPSA) is 142 Å². The largest absolute Gasteiger partial charge is 0.507 e. The van der Waals surface area contributed by atoms with Crippen LogP contribution in [0.2, 0.25) is 0 Å². The van der Waals surface area contributed by atoms with E-state index in [0.29, 0.717) is 17.9 Å². The van der Waals surface area contributed by atoms with Crippen molar-refractivity contribution in [3.63, 3.8) is 0 Å². The van der Waals surface area contributed by atoms with Crippen LogP contribution in [-0.2, 0) is 16.0 Å². The summed E-state index contributed by atoms with van der Waals surface area (Å²) in [6, 6.07) is 2.97. The molecule has 3 rings (SSSR count). The number of carbonyl (C=O) groups is 2. The van der Waals surface area contributed by atoms with E-state index in [1.54, 1.807) is 32.3 Å². The van der Waals surface area contributed by atoms with E-state index in [0.717, 1.165) is 25.1 Å². The molecule has 1 aliphatic rings. The number of unbranched alkanes of at least 4 members (excludes halogenated alkanes) is 1. The minimum atomic E-state index is -1.58. The molecule has 0 radical (unpaired) electrons. The molecule has 2 heterocycles. The zero-order valence-electron chi connectivity index (χ0n) is 19.9. The number of aliphatic hydroxyl groups excluding tert-OH is 2. The van der Waals surface area contributed by atoms with Gasteiger partial charge in [0.2, 0.25) is 0 Å². The number of benzene rings is 1. The number of carbonyl (C=O) groups excluding carboxylic acids is 2. The summed E-state index contributed by atoms with van der Waals surface area (Å²) in [4.78, 5) is 32.3. The number of phenolic OH excluding ortho intramolecular Hbond substituents is 1. The van der Waals surface area contributed by atoms with Crippen molar-refractivity contribution in [2.45, 2.75) is 57.8 Å². The monoisotopic (exact) mass is 484 g/mol. The highest BCUT2D eigenvalue weighted by molar-refractivity contribution is 5.97. The van der Waals surface area contributed by atoms with Crippen LogP contribution in [0.3, 0.4) is 0 Å². The Labute approximate surface area is 204 Å². The number of aliphatic hydroxyl groups is 2. The van der Waals surface area contributed by atoms with E-state index < -0.39 is 30.1 Å². The van der Waals surface area contributed by atoms with E-state index >= 15 is 0 Å². The molecule has 0 saturated carbocycles. The Morgan fingerprint density at radius 3 is 2.71 bits per heavy atom. The third-order valence-electron chi connectivity index (χ3n) is 5.89. The second-order valence-corrected chi connectivity index (χ2v) is 8.63. The van der Waals surface area contributed by atoms with E-state index in [4.69, 9.17) is 9.47 Å². The van der Waals surface area contributed by atoms with Gasteiger partial charge in [-0.2, -0.15) is 0 Å². The molecule has 1 aromatic carbocycles. The second kappa shape index (κ2) is 12.3. The molecule has 4 N–H and O–H groups in total. The minimum absolute atomic E-state index is 0.0300. The van der Waals surface area contributed by atoms with E-state index in [-0.39, 0.29) is 23.7 Å². The fourth-order valence-electron chi connectivity index (χ4n) is 3.57. The number of hydrogen-bond acceptors (Lipinski definition) is 8. The van der Waals surface area contributed by atoms with Crippen molar-refractivity contribution in [1.29, 1.82) is 0 Å². The third-order valence-corrected chi connectivity index (χ3v) is 5.89. The van der Waals surface area contributed by atoms with Gasteiger partial charge in [-0.05, 0) is 43.9 Å². The average Bonchev–Trinajstić information content (AvgIpc) is 3.34. The lowest BCUT2D eigenvalue weighted by Gasteiger charge is -2.20. The highest BCUT2D eigenvalue weighted by Gasteiger charge is 2.25. The van der Waals surface area contributed by atoms with Crippen LogP contribution in [0.25, 0.3) is 6.08 Å². The number of H-pyrrole nitrogens is 1. The van der Waals surface area contributed by atoms with Crippen molar-refractivity contribution < 1.29 is 34.4 Å². The lowest BCUT2D eigenvalue weighted by atomic mass is 9.99. The number of aromatic amines is 1. The summed E-state index contributed by atoms with van der Waals surface area (Å²) in [6.45, 7) is 3.82. The summed E-state index contributed by atoms with van der Waals surface area (Å²) in [7, 11) is 0. The predicted molar refractivity (Wildman–Crippen MR) is 129 cm³/mol. The zero-order valence-corrected chi connectivity index (χ0v) is 19.9. The first-order valence-electron chi connectivity index (χ1n) is 11.7. The Morgan fingerprint density at radius 1 is 1.17 bits per heavy atom. The van der Waals surface area contributed by atoms with Crippen molar-refractivity contribution in [2.75, 3.05) is 6.61 Å². The molecule has 9 heteroatoms. The molecule has 1 aromatic heterocycles. The zero-order chi connectivity index (χ0) is 25.4. The maximum Gasteiger partial charge on any atom is 0.342 e. The molecule has 0 bridgehead atoms. The van der Waals surface area contributed by atoms with Crippen molar-refractivity contribution in [3.8, 4) is 11.5 Å². The highest BCUT2D eigenvalue weighted by Crippen LogP contribution is 2.31. The van der Waals surface area contributed by atoms with Gasteiger partial charge in [0.05, 0.1) is 12.7 Å². The molecular formula is C26H32N2O7. The van der Waals surface area contributed by atoms with Crippen LogP contribution in [0, 0.1) is 5.92 Å². The number of aryl methyl sites for hydroxylation is 1. The van der Waals surface area contributed by atoms with E-state index in [1.165, 1.54) is 30.4 Å². The molecule has 4 atom stereocenters. The Bertz CT molecular complexity index is 1060. The molecule has 9 nitrogen and oxygen atoms in total. The van der Waals surface area contributed by atoms with Gasteiger partial charge in [-0.1, -0.05) is 25.2 Å². The number of aromatic nitrogens is 2. The van der Waals surface area contributed by atoms with Gasteiger partial charge in [0.1, 0.15) is 35.1 Å². The van der Waals surface area contributed by atoms with E-state index in [1.807, 2.05) is 0 Å². The lowest BCUT2D eigenvalue weighted by molar-refractivity contribution is -0.127. The Balaban J connectivity index is 1.78. The van der Waals surface area contributed by atoms with Crippen molar-refractivity contribution >= 4 is 17.8 Å². The van der Waals surface area contributed by atoms with E-state index in [9.17, 15) is 24.9 Å². The van der Waals surface area contributed by atoms with Gasteiger partial charge >= 0.3 is 5.97 Å². The molecule has 188 valence electrons. The number of ether oxygens (including phenoxy) is 2. The van der Waals surface area contributed by atoms with Crippen molar-refractivity contribution in [2.24, 2.45) is 5.92 Å². The van der Waals surface area contributed by atoms with Gasteiger partial charge in [-0.3, -0.25) is 4.79 Å². The van der Waals surface area contributed by atoms with Crippen LogP contribution in [0.15, 0.2) is 42.8 Å². The molecule has 0 fully saturated rings. The second-order valence-electron chi connectivity index (χ2n) is 8.63. The van der Waals surface area contributed by atoms with Crippen molar-refractivity contribution in [3.05, 3.63) is 59.7 Å². The molecule has 0 aliphatic carbocycles. The summed E-state index contributed by atoms with van der Waals surface area (Å²) in [5.74, 6) is -0.706. The molecule has 1 aliphatic heterocycles. The third kappa shape index (κ3) is 7.27. The first-order chi connectivity index (χ1) is 16.8. The average molecular weight is 485 g/mol. The fraction of sp³-hybridized carbons (Fsp3) is 0.423. The normalized spacial score (nSPS) is 25.3. The number of imidazole rings is 1. The van der Waals surface area contributed by atoms with Gasteiger partial charge in [0, 0.05) is 30.8 Å². The maximum atomic E-state index is 12.9. The van der Waals surface area contributed by atoms with Gasteiger partial charge in [-0.25, -0.2) is 9.78 Å². The fourth-order valence-corrected chi connectivity index (χ4v) is 3.57. The molecule has 0 amide bonds. The number of fused-ring (bicyclic) bond motifs is 1. The van der Waals surface area contributed by atoms with Crippen LogP contribution in [0.4, 0.5) is 0 Å². The SMILES string of the molecule is C[C@@H]1/C=C\C(=O)C(O)C(O)C/C=C/c2cc(OCCCCc3ncc[nH]3)cc(O)c2C(=O)O[C@H]1C. The van der Waals surface area contributed by atoms with Crippen LogP contribution in [-0.4, -0.2) is 62.0 Å². The minimum Gasteiger partial charge on any atom is -0.507 e. The van der Waals surface area contributed by atoms with Crippen LogP contribution in [0.1, 0.15) is 54.9 Å². The molecule has 2 aromatic rings. The van der Waals surface area contributed by atoms with Crippen LogP contribution >= 0.6 is 0 Å². The first kappa shape index (κ1) is 26.2. The smallest absolute Gasteiger partial charge is 0.342 e. The number of rotatable bonds is 6. The Hall–Kier alpha value is -3.43. The molecule has 35 heavy (non-hydrogen) atoms. The Morgan fingerprint density at radius 2 is 1.97 bits per heavy atom. The van der Waals surface area contributed by atoms with Crippen molar-refractivity contribution in [1.82, 2.24) is 9.97 Å². The number of nitrogens with zero attached hydrogens (tertiary/aromatic N) is 1. The quantitative estimate of drug-likeness (QED) is 0.362. The highest BCUT2D eigenvalue weighted by atomic mass is 16.5. The summed E-state index contributed by atoms with van der Waals surface area (Å²) in [6.07, 6.45) is 8.08. The summed E-state index contributed by atoms with van der Waals surface area (Å²) in [5.41, 5.74) is 0.304. The standard InChI is InChI=1S/C26H32N2O7/c1-16-9-10-21(30)25(32)20(29)7-5-6-18-14-19(15-22(31)24(18)26(33)35-17(16)2)34-13-4-3-8-23-27-11-12-28-23/h5-6,9-12,14-17,20,25,29,31-32H,3-4,7-8,13H2,1-2H3,(H,27,28)/b6-5+,10-9-/t16-,17+,20?,25?/m1/s1. The maximum absolute atomic E-state index is 12.9. The molecule has 2 unspecified atom stereocenters. The molecule has 0 saturated heterocycles. The Kier molecular flexibility index (Phi) is 9.22. The van der Waals surface area contributed by atoms with Gasteiger partial charge in [0.25, 0.3) is 0 Å². The summed E-state index contributed by atoms with van der Waals surface area (Å²) < 4.78 is 11.3. The van der Waals surface area contributed by atoms with Crippen LogP contribution < -0.4 is 4.74 Å². The number of phenols is 1. The number of aromatic hydroxyl groups is 1. The van der Waals surface area contributed by atoms with Crippen LogP contribution in [0.5, 0.6) is 11.5 Å². The van der Waals surface area contributed by atoms with Gasteiger partial charge in [0.15, 0.2) is 5.78 Å². The van der Waals surface area contributed by atoms with E-state index in [2.05, 4.69) is 9.97 Å². The van der Waals surface area contributed by atoms with Gasteiger partial charge < -0.3 is 29.8 Å². The number of cyclic esters (lactones) is 1. The first-order valence-corrected chi connectivity index (χ1v) is 11.7. The number of ketones is 1. The summed E-state index contributed by atoms with van der Waals surface area (Å²) >= 11 is 0. The number of nitrogens with one attached hydrogen (secondary N) is 1. The molecular weight excluding hydrogens is 452 g/mol. The molecule has 0 spiro atoms. The number of esters is 1. The lowest BCUT2D eigenvalue weighted by Crippen LogP contribution is -2.32. The summed E-state index contributed by atoms with van der Waals surface area (Å²) in [5, 5.41) is 30.9.